The third kappa shape index (κ3) is 10.6. The number of guanidine groups is 1. The number of nitrogens with zero attached hydrogens (tertiary/aromatic N) is 2. The van der Waals surface area contributed by atoms with E-state index in [2.05, 4.69) is 25.9 Å². The van der Waals surface area contributed by atoms with Crippen molar-refractivity contribution in [2.45, 2.75) is 19.8 Å². The highest BCUT2D eigenvalue weighted by Gasteiger charge is 1.96. The zero-order valence-electron chi connectivity index (χ0n) is 13.5. The summed E-state index contributed by atoms with van der Waals surface area (Å²) in [6.07, 6.45) is 3.95. The number of rotatable bonds is 10. The molecule has 7 heteroatoms. The zero-order valence-corrected chi connectivity index (χ0v) is 15.8. The Bertz CT molecular complexity index is 389. The van der Waals surface area contributed by atoms with E-state index in [0.29, 0.717) is 6.61 Å². The molecule has 126 valence electrons. The maximum Gasteiger partial charge on any atom is 0.191 e. The van der Waals surface area contributed by atoms with Crippen LogP contribution in [0.2, 0.25) is 0 Å². The average Bonchev–Trinajstić information content (AvgIpc) is 2.53. The van der Waals surface area contributed by atoms with Gasteiger partial charge < -0.3 is 20.7 Å². The van der Waals surface area contributed by atoms with Crippen molar-refractivity contribution >= 4 is 35.8 Å². The molecule has 1 aromatic heterocycles. The SMILES string of the molecule is CCOCCNC(=NC)NCCCCNc1ccccn1.I. The van der Waals surface area contributed by atoms with Gasteiger partial charge in [-0.3, -0.25) is 4.99 Å². The number of pyridine rings is 1. The van der Waals surface area contributed by atoms with E-state index >= 15 is 0 Å². The Balaban J connectivity index is 0.00000441. The van der Waals surface area contributed by atoms with Crippen LogP contribution < -0.4 is 16.0 Å². The van der Waals surface area contributed by atoms with Crippen LogP contribution in [0.3, 0.4) is 0 Å². The van der Waals surface area contributed by atoms with Crippen LogP contribution in [-0.4, -0.2) is 50.8 Å². The molecule has 0 amide bonds. The van der Waals surface area contributed by atoms with Crippen LogP contribution >= 0.6 is 24.0 Å². The number of unbranched alkanes of at least 4 members (excludes halogenated alkanes) is 1. The summed E-state index contributed by atoms with van der Waals surface area (Å²) in [7, 11) is 1.78. The summed E-state index contributed by atoms with van der Waals surface area (Å²) >= 11 is 0. The van der Waals surface area contributed by atoms with Crippen molar-refractivity contribution in [2.75, 3.05) is 45.2 Å². The van der Waals surface area contributed by atoms with Crippen molar-refractivity contribution in [1.82, 2.24) is 15.6 Å². The van der Waals surface area contributed by atoms with Gasteiger partial charge in [-0.05, 0) is 31.9 Å². The van der Waals surface area contributed by atoms with Crippen LogP contribution in [0.5, 0.6) is 0 Å². The first-order valence-electron chi connectivity index (χ1n) is 7.54. The molecule has 0 unspecified atom stereocenters. The highest BCUT2D eigenvalue weighted by atomic mass is 127. The van der Waals surface area contributed by atoms with Gasteiger partial charge in [-0.15, -0.1) is 24.0 Å². The predicted octanol–water partition coefficient (Wildman–Crippen LogP) is 2.09. The molecule has 0 bridgehead atoms. The van der Waals surface area contributed by atoms with Gasteiger partial charge in [0.2, 0.25) is 0 Å². The molecule has 0 atom stereocenters. The molecule has 0 radical (unpaired) electrons. The molecule has 0 saturated heterocycles. The lowest BCUT2D eigenvalue weighted by molar-refractivity contribution is 0.152. The number of ether oxygens (including phenoxy) is 1. The van der Waals surface area contributed by atoms with Crippen LogP contribution in [0.4, 0.5) is 5.82 Å². The van der Waals surface area contributed by atoms with E-state index in [-0.39, 0.29) is 24.0 Å². The van der Waals surface area contributed by atoms with Crippen molar-refractivity contribution < 1.29 is 4.74 Å². The molecular weight excluding hydrogens is 393 g/mol. The van der Waals surface area contributed by atoms with Crippen LogP contribution in [0.25, 0.3) is 0 Å². The van der Waals surface area contributed by atoms with Crippen molar-refractivity contribution in [3.05, 3.63) is 24.4 Å². The number of halogens is 1. The minimum atomic E-state index is 0. The summed E-state index contributed by atoms with van der Waals surface area (Å²) in [6, 6.07) is 5.87. The second kappa shape index (κ2) is 14.8. The first kappa shape index (κ1) is 20.9. The third-order valence-electron chi connectivity index (χ3n) is 2.83. The number of hydrogen-bond donors (Lipinski definition) is 3. The van der Waals surface area contributed by atoms with Crippen LogP contribution in [0, 0.1) is 0 Å². The Morgan fingerprint density at radius 1 is 1.18 bits per heavy atom. The zero-order chi connectivity index (χ0) is 15.2. The molecule has 0 aliphatic rings. The summed E-state index contributed by atoms with van der Waals surface area (Å²) in [5, 5.41) is 9.79. The van der Waals surface area contributed by atoms with Crippen LogP contribution in [0.1, 0.15) is 19.8 Å². The molecule has 0 aromatic carbocycles. The molecule has 22 heavy (non-hydrogen) atoms. The number of aliphatic imine (C=N–C) groups is 1. The fourth-order valence-electron chi connectivity index (χ4n) is 1.75. The van der Waals surface area contributed by atoms with Crippen molar-refractivity contribution in [3.63, 3.8) is 0 Å². The number of anilines is 1. The first-order valence-corrected chi connectivity index (χ1v) is 7.54. The van der Waals surface area contributed by atoms with Gasteiger partial charge in [-0.2, -0.15) is 0 Å². The van der Waals surface area contributed by atoms with E-state index < -0.39 is 0 Å². The molecule has 1 heterocycles. The van der Waals surface area contributed by atoms with Gasteiger partial charge in [0.25, 0.3) is 0 Å². The third-order valence-corrected chi connectivity index (χ3v) is 2.83. The minimum absolute atomic E-state index is 0. The normalized spacial score (nSPS) is 10.7. The lowest BCUT2D eigenvalue weighted by Gasteiger charge is -2.12. The van der Waals surface area contributed by atoms with Gasteiger partial charge >= 0.3 is 0 Å². The monoisotopic (exact) mass is 421 g/mol. The van der Waals surface area contributed by atoms with Crippen LogP contribution in [-0.2, 0) is 4.74 Å². The van der Waals surface area contributed by atoms with E-state index in [1.165, 1.54) is 0 Å². The summed E-state index contributed by atoms with van der Waals surface area (Å²) in [4.78, 5) is 8.38. The molecule has 0 aliphatic heterocycles. The average molecular weight is 421 g/mol. The van der Waals surface area contributed by atoms with E-state index in [9.17, 15) is 0 Å². The molecule has 3 N–H and O–H groups in total. The summed E-state index contributed by atoms with van der Waals surface area (Å²) < 4.78 is 5.27. The number of hydrogen-bond acceptors (Lipinski definition) is 4. The number of nitrogens with one attached hydrogen (secondary N) is 3. The lowest BCUT2D eigenvalue weighted by Crippen LogP contribution is -2.39. The largest absolute Gasteiger partial charge is 0.380 e. The van der Waals surface area contributed by atoms with Crippen molar-refractivity contribution in [3.8, 4) is 0 Å². The lowest BCUT2D eigenvalue weighted by atomic mass is 10.3. The smallest absolute Gasteiger partial charge is 0.191 e. The van der Waals surface area contributed by atoms with Gasteiger partial charge in [0.05, 0.1) is 6.61 Å². The van der Waals surface area contributed by atoms with Gasteiger partial charge in [0.15, 0.2) is 5.96 Å². The van der Waals surface area contributed by atoms with Gasteiger partial charge in [0.1, 0.15) is 5.82 Å². The maximum atomic E-state index is 5.27. The van der Waals surface area contributed by atoms with Gasteiger partial charge in [0, 0.05) is 39.5 Å². The molecule has 0 spiro atoms. The highest BCUT2D eigenvalue weighted by Crippen LogP contribution is 1.99. The highest BCUT2D eigenvalue weighted by molar-refractivity contribution is 14.0. The molecular formula is C15H28IN5O. The Morgan fingerprint density at radius 3 is 2.64 bits per heavy atom. The molecule has 0 saturated carbocycles. The van der Waals surface area contributed by atoms with E-state index in [1.807, 2.05) is 25.1 Å². The van der Waals surface area contributed by atoms with E-state index in [0.717, 1.165) is 50.9 Å². The molecule has 0 fully saturated rings. The molecule has 0 aliphatic carbocycles. The summed E-state index contributed by atoms with van der Waals surface area (Å²) in [5.41, 5.74) is 0. The van der Waals surface area contributed by atoms with Crippen molar-refractivity contribution in [1.29, 1.82) is 0 Å². The number of aromatic nitrogens is 1. The first-order chi connectivity index (χ1) is 10.4. The molecule has 6 nitrogen and oxygen atoms in total. The second-order valence-corrected chi connectivity index (χ2v) is 4.47. The molecule has 1 aromatic rings. The summed E-state index contributed by atoms with van der Waals surface area (Å²) in [6.45, 7) is 6.04. The minimum Gasteiger partial charge on any atom is -0.380 e. The molecule has 1 rings (SSSR count). The summed E-state index contributed by atoms with van der Waals surface area (Å²) in [5.74, 6) is 1.76. The Morgan fingerprint density at radius 2 is 1.95 bits per heavy atom. The van der Waals surface area contributed by atoms with E-state index in [1.54, 1.807) is 13.2 Å². The quantitative estimate of drug-likeness (QED) is 0.234. The Hall–Kier alpha value is -1.09. The van der Waals surface area contributed by atoms with Gasteiger partial charge in [-0.1, -0.05) is 6.07 Å². The van der Waals surface area contributed by atoms with Gasteiger partial charge in [-0.25, -0.2) is 4.98 Å². The van der Waals surface area contributed by atoms with Crippen LogP contribution in [0.15, 0.2) is 29.4 Å². The predicted molar refractivity (Wildman–Crippen MR) is 103 cm³/mol. The van der Waals surface area contributed by atoms with Crippen molar-refractivity contribution in [2.24, 2.45) is 4.99 Å². The Labute approximate surface area is 150 Å². The fraction of sp³-hybridized carbons (Fsp3) is 0.600. The topological polar surface area (TPSA) is 70.6 Å². The standard InChI is InChI=1S/C15H27N5O.HI/c1-3-21-13-12-20-15(16-2)19-11-7-6-10-18-14-8-4-5-9-17-14;/h4-5,8-9H,3,6-7,10-13H2,1-2H3,(H,17,18)(H2,16,19,20);1H. The van der Waals surface area contributed by atoms with E-state index in [4.69, 9.17) is 4.74 Å². The fourth-order valence-corrected chi connectivity index (χ4v) is 1.75. The maximum absolute atomic E-state index is 5.27. The Kier molecular flexibility index (Phi) is 14.1. The second-order valence-electron chi connectivity index (χ2n) is 4.47.